The second-order valence-electron chi connectivity index (χ2n) is 10.5. The Hall–Kier alpha value is -4.07. The van der Waals surface area contributed by atoms with E-state index in [2.05, 4.69) is 33.9 Å². The lowest BCUT2D eigenvalue weighted by molar-refractivity contribution is -0.123. The van der Waals surface area contributed by atoms with E-state index < -0.39 is 12.1 Å². The van der Waals surface area contributed by atoms with Gasteiger partial charge < -0.3 is 36.9 Å². The normalized spacial score (nSPS) is 13.9. The molecule has 256 valence electrons. The van der Waals surface area contributed by atoms with Gasteiger partial charge in [-0.25, -0.2) is 4.79 Å². The van der Waals surface area contributed by atoms with Crippen molar-refractivity contribution in [2.45, 2.75) is 79.2 Å². The number of ether oxygens (including phenoxy) is 2. The van der Waals surface area contributed by atoms with E-state index in [1.54, 1.807) is 16.2 Å². The van der Waals surface area contributed by atoms with E-state index in [-0.39, 0.29) is 31.6 Å². The average Bonchev–Trinajstić information content (AvgIpc) is 3.48. The SMILES string of the molecule is CC.CCN(CC(C)C1CCC1)C(=O)OCc1cccc2nnc(C(COCc3ccccc3)NC(=O)C(C)N)n12.CN.NC=O. The van der Waals surface area contributed by atoms with Crippen LogP contribution in [-0.2, 0) is 32.3 Å². The number of fused-ring (bicyclic) bond motifs is 1. The highest BCUT2D eigenvalue weighted by Crippen LogP contribution is 2.33. The highest BCUT2D eigenvalue weighted by atomic mass is 16.6. The summed E-state index contributed by atoms with van der Waals surface area (Å²) in [5.41, 5.74) is 16.8. The van der Waals surface area contributed by atoms with Gasteiger partial charge in [0.05, 0.1) is 24.9 Å². The predicted octanol–water partition coefficient (Wildman–Crippen LogP) is 3.55. The van der Waals surface area contributed by atoms with Gasteiger partial charge in [-0.15, -0.1) is 10.2 Å². The van der Waals surface area contributed by atoms with Gasteiger partial charge in [0.15, 0.2) is 11.5 Å². The molecule has 13 nitrogen and oxygen atoms in total. The van der Waals surface area contributed by atoms with Crippen molar-refractivity contribution in [3.63, 3.8) is 0 Å². The van der Waals surface area contributed by atoms with Crippen molar-refractivity contribution in [1.29, 1.82) is 0 Å². The van der Waals surface area contributed by atoms with Gasteiger partial charge in [0.1, 0.15) is 12.6 Å². The summed E-state index contributed by atoms with van der Waals surface area (Å²) in [4.78, 5) is 35.9. The summed E-state index contributed by atoms with van der Waals surface area (Å²) in [6, 6.07) is 14.0. The Labute approximate surface area is 273 Å². The molecule has 46 heavy (non-hydrogen) atoms. The van der Waals surface area contributed by atoms with Crippen LogP contribution in [0.2, 0.25) is 0 Å². The van der Waals surface area contributed by atoms with Crippen molar-refractivity contribution in [2.75, 3.05) is 26.7 Å². The predicted molar refractivity (Wildman–Crippen MR) is 179 cm³/mol. The Bertz CT molecular complexity index is 1280. The molecule has 1 aliphatic rings. The van der Waals surface area contributed by atoms with Gasteiger partial charge in [0, 0.05) is 13.1 Å². The minimum atomic E-state index is -0.705. The van der Waals surface area contributed by atoms with Gasteiger partial charge >= 0.3 is 6.09 Å². The first kappa shape index (κ1) is 40.0. The molecule has 0 radical (unpaired) electrons. The number of nitrogens with zero attached hydrogens (tertiary/aromatic N) is 4. The molecule has 0 saturated heterocycles. The molecule has 1 aliphatic carbocycles. The summed E-state index contributed by atoms with van der Waals surface area (Å²) < 4.78 is 13.5. The average molecular weight is 643 g/mol. The molecule has 1 saturated carbocycles. The Morgan fingerprint density at radius 3 is 2.28 bits per heavy atom. The Morgan fingerprint density at radius 1 is 1.07 bits per heavy atom. The highest BCUT2D eigenvalue weighted by molar-refractivity contribution is 5.81. The molecule has 13 heteroatoms. The third-order valence-electron chi connectivity index (χ3n) is 7.42. The van der Waals surface area contributed by atoms with Gasteiger partial charge in [-0.3, -0.25) is 14.0 Å². The number of nitrogens with one attached hydrogen (secondary N) is 1. The number of amides is 3. The quantitative estimate of drug-likeness (QED) is 0.202. The smallest absolute Gasteiger partial charge is 0.410 e. The number of rotatable bonds is 13. The zero-order valence-corrected chi connectivity index (χ0v) is 28.2. The zero-order chi connectivity index (χ0) is 34.5. The van der Waals surface area contributed by atoms with Crippen LogP contribution in [0.4, 0.5) is 4.79 Å². The van der Waals surface area contributed by atoms with Gasteiger partial charge in [0.2, 0.25) is 12.3 Å². The number of nitrogens with two attached hydrogens (primary N) is 3. The lowest BCUT2D eigenvalue weighted by Gasteiger charge is -2.34. The Kier molecular flexibility index (Phi) is 19.5. The molecule has 2 aromatic heterocycles. The van der Waals surface area contributed by atoms with Crippen molar-refractivity contribution in [1.82, 2.24) is 24.8 Å². The van der Waals surface area contributed by atoms with E-state index in [1.807, 2.05) is 69.3 Å². The van der Waals surface area contributed by atoms with Crippen LogP contribution < -0.4 is 22.5 Å². The molecule has 3 atom stereocenters. The summed E-state index contributed by atoms with van der Waals surface area (Å²) in [5.74, 6) is 1.28. The molecule has 3 amide bonds. The standard InChI is InChI=1S/C29H40N6O4.C2H6.CH3NO.CH5N/c1-4-34(16-20(2)23-12-8-13-23)29(37)39-18-24-14-9-15-26-32-33-27(35(24)26)25(31-28(36)21(3)30)19-38-17-22-10-6-5-7-11-22;1-2;2-1-3;1-2/h5-7,9-11,14-15,20-21,23,25H,4,8,12-13,16-19,30H2,1-3H3,(H,31,36);1-2H3;1H,(H2,2,3);2H2,1H3. The van der Waals surface area contributed by atoms with Crippen LogP contribution in [0.15, 0.2) is 48.5 Å². The third-order valence-corrected chi connectivity index (χ3v) is 7.42. The molecule has 0 aliphatic heterocycles. The van der Waals surface area contributed by atoms with Crippen molar-refractivity contribution in [3.05, 3.63) is 65.6 Å². The minimum absolute atomic E-state index is 0.0361. The van der Waals surface area contributed by atoms with E-state index in [0.717, 1.165) is 5.56 Å². The van der Waals surface area contributed by atoms with Crippen LogP contribution in [0.1, 0.15) is 77.0 Å². The first-order valence-corrected chi connectivity index (χ1v) is 15.9. The fourth-order valence-electron chi connectivity index (χ4n) is 4.79. The lowest BCUT2D eigenvalue weighted by Crippen LogP contribution is -2.42. The summed E-state index contributed by atoms with van der Waals surface area (Å²) in [7, 11) is 1.50. The number of carbonyl (C=O) groups excluding carboxylic acids is 3. The van der Waals surface area contributed by atoms with Crippen molar-refractivity contribution >= 4 is 24.1 Å². The molecule has 7 N–H and O–H groups in total. The first-order valence-electron chi connectivity index (χ1n) is 15.9. The minimum Gasteiger partial charge on any atom is -0.443 e. The summed E-state index contributed by atoms with van der Waals surface area (Å²) >= 11 is 0. The molecule has 1 fully saturated rings. The van der Waals surface area contributed by atoms with E-state index in [4.69, 9.17) is 20.0 Å². The first-order chi connectivity index (χ1) is 22.3. The molecule has 2 heterocycles. The highest BCUT2D eigenvalue weighted by Gasteiger charge is 2.28. The number of carbonyl (C=O) groups is 3. The summed E-state index contributed by atoms with van der Waals surface area (Å²) in [6.07, 6.45) is 3.66. The third kappa shape index (κ3) is 12.4. The van der Waals surface area contributed by atoms with Gasteiger partial charge in [-0.05, 0) is 50.4 Å². The maximum Gasteiger partial charge on any atom is 0.410 e. The van der Waals surface area contributed by atoms with Gasteiger partial charge in [0.25, 0.3) is 0 Å². The second kappa shape index (κ2) is 22.4. The number of hydrogen-bond acceptors (Lipinski definition) is 9. The maximum atomic E-state index is 13.0. The van der Waals surface area contributed by atoms with Crippen LogP contribution in [0.25, 0.3) is 5.65 Å². The van der Waals surface area contributed by atoms with E-state index >= 15 is 0 Å². The Morgan fingerprint density at radius 2 is 1.72 bits per heavy atom. The number of pyridine rings is 1. The second-order valence-corrected chi connectivity index (χ2v) is 10.5. The molecular weight excluding hydrogens is 588 g/mol. The fourth-order valence-corrected chi connectivity index (χ4v) is 4.79. The number of aromatic nitrogens is 3. The van der Waals surface area contributed by atoms with E-state index in [9.17, 15) is 9.59 Å². The zero-order valence-electron chi connectivity index (χ0n) is 28.2. The van der Waals surface area contributed by atoms with Crippen LogP contribution in [0, 0.1) is 11.8 Å². The Balaban J connectivity index is 0.00000140. The molecule has 4 rings (SSSR count). The summed E-state index contributed by atoms with van der Waals surface area (Å²) in [6.45, 7) is 11.6. The monoisotopic (exact) mass is 642 g/mol. The largest absolute Gasteiger partial charge is 0.443 e. The number of benzene rings is 1. The van der Waals surface area contributed by atoms with E-state index in [0.29, 0.717) is 48.7 Å². The maximum absolute atomic E-state index is 13.0. The molecule has 0 bridgehead atoms. The molecule has 0 spiro atoms. The van der Waals surface area contributed by atoms with Gasteiger partial charge in [-0.1, -0.05) is 76.4 Å². The molecule has 3 unspecified atom stereocenters. The number of hydrogen-bond donors (Lipinski definition) is 4. The fraction of sp³-hybridized carbons (Fsp3) is 0.545. The van der Waals surface area contributed by atoms with E-state index in [1.165, 1.54) is 26.3 Å². The van der Waals surface area contributed by atoms with Crippen molar-refractivity contribution in [3.8, 4) is 0 Å². The molecular formula is C33H54N8O5. The van der Waals surface area contributed by atoms with Crippen molar-refractivity contribution in [2.24, 2.45) is 29.0 Å². The molecule has 3 aromatic rings. The topological polar surface area (TPSA) is 193 Å². The van der Waals surface area contributed by atoms with Crippen LogP contribution in [-0.4, -0.2) is 70.7 Å². The van der Waals surface area contributed by atoms with Crippen LogP contribution >= 0.6 is 0 Å². The summed E-state index contributed by atoms with van der Waals surface area (Å²) in [5, 5.41) is 11.6. The van der Waals surface area contributed by atoms with Crippen LogP contribution in [0.3, 0.4) is 0 Å². The van der Waals surface area contributed by atoms with Gasteiger partial charge in [-0.2, -0.15) is 0 Å². The van der Waals surface area contributed by atoms with Crippen LogP contribution in [0.5, 0.6) is 0 Å². The lowest BCUT2D eigenvalue weighted by atomic mass is 9.76. The molecule has 1 aromatic carbocycles. The van der Waals surface area contributed by atoms with Crippen molar-refractivity contribution < 1.29 is 23.9 Å². The number of primary amides is 1.